The van der Waals surface area contributed by atoms with E-state index in [0.717, 1.165) is 109 Å². The molecular formula is C43H66O4. The monoisotopic (exact) mass is 646 g/mol. The fraction of sp³-hybridized carbons (Fsp3) is 0.488. The summed E-state index contributed by atoms with van der Waals surface area (Å²) in [6.45, 7) is 4.30. The van der Waals surface area contributed by atoms with Crippen molar-refractivity contribution in [3.8, 4) is 0 Å². The summed E-state index contributed by atoms with van der Waals surface area (Å²) < 4.78 is 0. The predicted octanol–water partition coefficient (Wildman–Crippen LogP) is 13.2. The number of rotatable bonds is 29. The molecule has 0 heterocycles. The van der Waals surface area contributed by atoms with Crippen LogP contribution >= 0.6 is 0 Å². The van der Waals surface area contributed by atoms with Crippen LogP contribution in [0.1, 0.15) is 136 Å². The van der Waals surface area contributed by atoms with E-state index in [-0.39, 0.29) is 6.42 Å². The number of aliphatic carboxylic acids is 2. The molecule has 2 N–H and O–H groups in total. The van der Waals surface area contributed by atoms with Crippen molar-refractivity contribution >= 4 is 11.9 Å². The van der Waals surface area contributed by atoms with Crippen LogP contribution in [-0.2, 0) is 9.59 Å². The van der Waals surface area contributed by atoms with Gasteiger partial charge < -0.3 is 10.2 Å². The Morgan fingerprint density at radius 2 is 0.574 bits per heavy atom. The summed E-state index contributed by atoms with van der Waals surface area (Å²) in [4.78, 5) is 20.7. The number of unbranched alkanes of at least 4 members (excludes halogenated alkanes) is 5. The van der Waals surface area contributed by atoms with Crippen LogP contribution in [0.15, 0.2) is 122 Å². The summed E-state index contributed by atoms with van der Waals surface area (Å²) in [6.07, 6.45) is 61.2. The third kappa shape index (κ3) is 49.4. The minimum Gasteiger partial charge on any atom is -0.481 e. The van der Waals surface area contributed by atoms with Crippen LogP contribution in [0.3, 0.4) is 0 Å². The molecule has 0 fully saturated rings. The quantitative estimate of drug-likeness (QED) is 0.0626. The van der Waals surface area contributed by atoms with Gasteiger partial charge in [0.2, 0.25) is 0 Å². The van der Waals surface area contributed by atoms with Gasteiger partial charge in [0.25, 0.3) is 0 Å². The first kappa shape index (κ1) is 45.5. The lowest BCUT2D eigenvalue weighted by Crippen LogP contribution is -1.93. The number of carboxylic acid groups (broad SMARTS) is 2. The summed E-state index contributed by atoms with van der Waals surface area (Å²) in [5.41, 5.74) is 0. The maximum atomic E-state index is 10.3. The fourth-order valence-corrected chi connectivity index (χ4v) is 3.99. The van der Waals surface area contributed by atoms with Crippen molar-refractivity contribution in [1.82, 2.24) is 0 Å². The molecule has 47 heavy (non-hydrogen) atoms. The minimum atomic E-state index is -0.700. The molecule has 0 rings (SSSR count). The average molecular weight is 647 g/mol. The van der Waals surface area contributed by atoms with Crippen LogP contribution in [-0.4, -0.2) is 22.2 Å². The highest BCUT2D eigenvalue weighted by Crippen LogP contribution is 2.05. The van der Waals surface area contributed by atoms with Crippen molar-refractivity contribution in [3.05, 3.63) is 122 Å². The number of hydrogen-bond acceptors (Lipinski definition) is 2. The Hall–Kier alpha value is -3.66. The van der Waals surface area contributed by atoms with Crippen molar-refractivity contribution in [2.45, 2.75) is 136 Å². The number of hydrogen-bond donors (Lipinski definition) is 2. The highest BCUT2D eigenvalue weighted by molar-refractivity contribution is 5.66. The first-order valence-electron chi connectivity index (χ1n) is 18.0. The molecule has 0 aromatic heterocycles. The Morgan fingerprint density at radius 3 is 0.851 bits per heavy atom. The lowest BCUT2D eigenvalue weighted by Gasteiger charge is -1.94. The van der Waals surface area contributed by atoms with E-state index in [9.17, 15) is 9.59 Å². The second kappa shape index (κ2) is 42.3. The van der Waals surface area contributed by atoms with Crippen LogP contribution in [0, 0.1) is 0 Å². The van der Waals surface area contributed by atoms with Crippen LogP contribution in [0.5, 0.6) is 0 Å². The summed E-state index contributed by atoms with van der Waals surface area (Å²) >= 11 is 0. The SMILES string of the molecule is CC/C=C\C/C=C\C/C=C\C/C=C\C/C=C\CCCCC(=O)O.CC/C=C\C/C=C\C/C=C\C/C=C\C/C=C\CCCCCC(=O)O. The van der Waals surface area contributed by atoms with Gasteiger partial charge in [-0.1, -0.05) is 142 Å². The van der Waals surface area contributed by atoms with Gasteiger partial charge in [-0.25, -0.2) is 0 Å². The standard InChI is InChI=1S/C22H34O2.C21H32O2/c1-2-3-4-5-6-7-8-9-10-11-12-13-14-15-16-17-18-19-20-21-22(23)24;1-2-3-4-5-6-7-8-9-10-11-12-13-14-15-16-17-18-19-20-21(22)23/h3-4,6-7,9-10,12-13,15-16H,2,5,8,11,14,17-21H2,1H3,(H,23,24);3-4,6-7,9-10,12-13,15-16H,2,5,8,11,14,17-20H2,1H3,(H,22,23)/b2*4-3-,7-6-,10-9-,13-12-,16-15-. The Morgan fingerprint density at radius 1 is 0.340 bits per heavy atom. The third-order valence-electron chi connectivity index (χ3n) is 6.59. The maximum Gasteiger partial charge on any atom is 0.303 e. The zero-order valence-corrected chi connectivity index (χ0v) is 29.7. The smallest absolute Gasteiger partial charge is 0.303 e. The van der Waals surface area contributed by atoms with Gasteiger partial charge in [0.05, 0.1) is 0 Å². The van der Waals surface area contributed by atoms with Crippen LogP contribution < -0.4 is 0 Å². The molecule has 4 nitrogen and oxygen atoms in total. The second-order valence-corrected chi connectivity index (χ2v) is 11.0. The molecule has 0 aliphatic carbocycles. The molecule has 0 unspecified atom stereocenters. The van der Waals surface area contributed by atoms with E-state index in [4.69, 9.17) is 10.2 Å². The van der Waals surface area contributed by atoms with Crippen molar-refractivity contribution in [1.29, 1.82) is 0 Å². The first-order chi connectivity index (χ1) is 23.0. The molecule has 0 saturated heterocycles. The summed E-state index contributed by atoms with van der Waals surface area (Å²) in [5, 5.41) is 17.0. The summed E-state index contributed by atoms with van der Waals surface area (Å²) in [7, 11) is 0. The van der Waals surface area contributed by atoms with Gasteiger partial charge in [0, 0.05) is 12.8 Å². The van der Waals surface area contributed by atoms with Gasteiger partial charge in [0.15, 0.2) is 0 Å². The molecule has 0 bridgehead atoms. The molecule has 262 valence electrons. The highest BCUT2D eigenvalue weighted by Gasteiger charge is 1.95. The van der Waals surface area contributed by atoms with Crippen molar-refractivity contribution in [2.75, 3.05) is 0 Å². The molecular weight excluding hydrogens is 580 g/mol. The number of carbonyl (C=O) groups is 2. The molecule has 0 aliphatic rings. The molecule has 0 spiro atoms. The summed E-state index contributed by atoms with van der Waals surface area (Å²) in [6, 6.07) is 0. The van der Waals surface area contributed by atoms with E-state index in [0.29, 0.717) is 6.42 Å². The largest absolute Gasteiger partial charge is 0.481 e. The van der Waals surface area contributed by atoms with Crippen LogP contribution in [0.25, 0.3) is 0 Å². The highest BCUT2D eigenvalue weighted by atomic mass is 16.4. The molecule has 0 amide bonds. The fourth-order valence-electron chi connectivity index (χ4n) is 3.99. The van der Waals surface area contributed by atoms with Gasteiger partial charge >= 0.3 is 11.9 Å². The van der Waals surface area contributed by atoms with Crippen LogP contribution in [0.2, 0.25) is 0 Å². The Labute approximate surface area is 288 Å². The Balaban J connectivity index is 0. The minimum absolute atomic E-state index is 0.282. The summed E-state index contributed by atoms with van der Waals surface area (Å²) in [5.74, 6) is -1.39. The van der Waals surface area contributed by atoms with E-state index < -0.39 is 11.9 Å². The van der Waals surface area contributed by atoms with Crippen LogP contribution in [0.4, 0.5) is 0 Å². The maximum absolute atomic E-state index is 10.3. The lowest BCUT2D eigenvalue weighted by molar-refractivity contribution is -0.138. The number of carboxylic acids is 2. The average Bonchev–Trinajstić information content (AvgIpc) is 3.05. The van der Waals surface area contributed by atoms with E-state index >= 15 is 0 Å². The second-order valence-electron chi connectivity index (χ2n) is 11.0. The van der Waals surface area contributed by atoms with Gasteiger partial charge in [-0.3, -0.25) is 9.59 Å². The van der Waals surface area contributed by atoms with Gasteiger partial charge in [-0.15, -0.1) is 0 Å². The van der Waals surface area contributed by atoms with E-state index in [1.54, 1.807) is 0 Å². The topological polar surface area (TPSA) is 74.6 Å². The molecule has 0 aliphatic heterocycles. The molecule has 0 atom stereocenters. The number of allylic oxidation sites excluding steroid dienone is 20. The normalized spacial score (nSPS) is 12.7. The Kier molecular flexibility index (Phi) is 41.0. The zero-order valence-electron chi connectivity index (χ0n) is 29.7. The van der Waals surface area contributed by atoms with E-state index in [1.807, 2.05) is 0 Å². The molecule has 4 heteroatoms. The van der Waals surface area contributed by atoms with Crippen molar-refractivity contribution < 1.29 is 19.8 Å². The van der Waals surface area contributed by atoms with Gasteiger partial charge in [-0.2, -0.15) is 0 Å². The van der Waals surface area contributed by atoms with Crippen molar-refractivity contribution in [2.24, 2.45) is 0 Å². The molecule has 0 aromatic carbocycles. The predicted molar refractivity (Wildman–Crippen MR) is 206 cm³/mol. The van der Waals surface area contributed by atoms with Gasteiger partial charge in [0.1, 0.15) is 0 Å². The van der Waals surface area contributed by atoms with Gasteiger partial charge in [-0.05, 0) is 103 Å². The zero-order chi connectivity index (χ0) is 34.7. The van der Waals surface area contributed by atoms with Crippen molar-refractivity contribution in [3.63, 3.8) is 0 Å². The first-order valence-corrected chi connectivity index (χ1v) is 18.0. The third-order valence-corrected chi connectivity index (χ3v) is 6.59. The van der Waals surface area contributed by atoms with E-state index in [2.05, 4.69) is 135 Å². The van der Waals surface area contributed by atoms with E-state index in [1.165, 1.54) is 0 Å². The molecule has 0 radical (unpaired) electrons. The lowest BCUT2D eigenvalue weighted by atomic mass is 10.1. The molecule has 0 saturated carbocycles. The molecule has 0 aromatic rings. The Bertz CT molecular complexity index is 999.